The third-order valence-electron chi connectivity index (χ3n) is 2.76. The summed E-state index contributed by atoms with van der Waals surface area (Å²) in [4.78, 5) is 6.29. The first kappa shape index (κ1) is 13.3. The fourth-order valence-corrected chi connectivity index (χ4v) is 1.51. The van der Waals surface area contributed by atoms with Crippen LogP contribution in [0, 0.1) is 11.3 Å². The Bertz CT molecular complexity index is 383. The molecule has 1 unspecified atom stereocenters. The van der Waals surface area contributed by atoms with Crippen molar-refractivity contribution in [1.29, 1.82) is 5.26 Å². The van der Waals surface area contributed by atoms with Gasteiger partial charge < -0.3 is 10.2 Å². The Balaban J connectivity index is 2.73. The van der Waals surface area contributed by atoms with E-state index in [4.69, 9.17) is 5.26 Å². The van der Waals surface area contributed by atoms with Crippen molar-refractivity contribution >= 4 is 11.4 Å². The van der Waals surface area contributed by atoms with E-state index in [1.165, 1.54) is 0 Å². The van der Waals surface area contributed by atoms with Crippen molar-refractivity contribution in [2.24, 2.45) is 0 Å². The molecule has 1 aromatic heterocycles. The Morgan fingerprint density at radius 1 is 1.53 bits per heavy atom. The molecule has 17 heavy (non-hydrogen) atoms. The summed E-state index contributed by atoms with van der Waals surface area (Å²) < 4.78 is 0. The van der Waals surface area contributed by atoms with Crippen molar-refractivity contribution in [1.82, 2.24) is 4.98 Å². The molecule has 0 radical (unpaired) electrons. The van der Waals surface area contributed by atoms with Gasteiger partial charge in [-0.2, -0.15) is 5.26 Å². The number of aromatic nitrogens is 1. The maximum absolute atomic E-state index is 8.70. The molecular weight excluding hydrogens is 212 g/mol. The number of rotatable bonds is 6. The van der Waals surface area contributed by atoms with E-state index in [1.807, 2.05) is 26.4 Å². The van der Waals surface area contributed by atoms with Gasteiger partial charge in [-0.1, -0.05) is 6.92 Å². The Hall–Kier alpha value is -1.76. The van der Waals surface area contributed by atoms with Crippen LogP contribution >= 0.6 is 0 Å². The van der Waals surface area contributed by atoms with E-state index in [1.54, 1.807) is 0 Å². The smallest absolute Gasteiger partial charge is 0.0643 e. The third-order valence-corrected chi connectivity index (χ3v) is 2.76. The number of pyridine rings is 1. The van der Waals surface area contributed by atoms with Gasteiger partial charge in [0, 0.05) is 19.6 Å². The number of hydrogen-bond donors (Lipinski definition) is 1. The van der Waals surface area contributed by atoms with Gasteiger partial charge in [0.15, 0.2) is 0 Å². The first-order chi connectivity index (χ1) is 8.19. The fourth-order valence-electron chi connectivity index (χ4n) is 1.51. The zero-order valence-electron chi connectivity index (χ0n) is 10.8. The summed E-state index contributed by atoms with van der Waals surface area (Å²) in [5.41, 5.74) is 2.06. The van der Waals surface area contributed by atoms with E-state index in [0.717, 1.165) is 24.3 Å². The van der Waals surface area contributed by atoms with E-state index in [9.17, 15) is 0 Å². The first-order valence-electron chi connectivity index (χ1n) is 5.97. The molecule has 0 bridgehead atoms. The van der Waals surface area contributed by atoms with Crippen LogP contribution in [0.4, 0.5) is 11.4 Å². The van der Waals surface area contributed by atoms with Crippen molar-refractivity contribution < 1.29 is 0 Å². The van der Waals surface area contributed by atoms with E-state index in [2.05, 4.69) is 34.3 Å². The van der Waals surface area contributed by atoms with Crippen molar-refractivity contribution in [3.8, 4) is 6.07 Å². The standard InChI is InChI=1S/C13H20N4/c1-4-7-16-12-8-13(10-15-9-12)17(3)11(2)5-6-14/h8-11,16H,4-5,7H2,1-3H3. The van der Waals surface area contributed by atoms with Crippen molar-refractivity contribution in [3.63, 3.8) is 0 Å². The van der Waals surface area contributed by atoms with Crippen LogP contribution in [-0.2, 0) is 0 Å². The monoisotopic (exact) mass is 232 g/mol. The second kappa shape index (κ2) is 6.74. The predicted molar refractivity (Wildman–Crippen MR) is 71.1 cm³/mol. The summed E-state index contributed by atoms with van der Waals surface area (Å²) in [6.45, 7) is 5.11. The normalized spacial score (nSPS) is 11.6. The summed E-state index contributed by atoms with van der Waals surface area (Å²) in [6, 6.07) is 4.45. The maximum atomic E-state index is 8.70. The highest BCUT2D eigenvalue weighted by Crippen LogP contribution is 2.19. The summed E-state index contributed by atoms with van der Waals surface area (Å²) in [7, 11) is 1.99. The van der Waals surface area contributed by atoms with Crippen LogP contribution in [0.15, 0.2) is 18.5 Å². The molecule has 0 aliphatic rings. The minimum Gasteiger partial charge on any atom is -0.384 e. The number of nitrogens with one attached hydrogen (secondary N) is 1. The molecule has 0 amide bonds. The van der Waals surface area contributed by atoms with Gasteiger partial charge in [0.2, 0.25) is 0 Å². The highest BCUT2D eigenvalue weighted by atomic mass is 15.1. The summed E-state index contributed by atoms with van der Waals surface area (Å²) in [5, 5.41) is 12.0. The molecule has 0 fully saturated rings. The summed E-state index contributed by atoms with van der Waals surface area (Å²) in [5.74, 6) is 0. The lowest BCUT2D eigenvalue weighted by Gasteiger charge is -2.25. The van der Waals surface area contributed by atoms with Gasteiger partial charge in [-0.05, 0) is 19.4 Å². The molecule has 4 heteroatoms. The largest absolute Gasteiger partial charge is 0.384 e. The fraction of sp³-hybridized carbons (Fsp3) is 0.538. The van der Waals surface area contributed by atoms with Gasteiger partial charge in [0.25, 0.3) is 0 Å². The number of nitrogens with zero attached hydrogens (tertiary/aromatic N) is 3. The topological polar surface area (TPSA) is 52.0 Å². The molecule has 1 atom stereocenters. The molecule has 1 N–H and O–H groups in total. The minimum absolute atomic E-state index is 0.197. The van der Waals surface area contributed by atoms with Gasteiger partial charge in [0.1, 0.15) is 0 Å². The summed E-state index contributed by atoms with van der Waals surface area (Å²) >= 11 is 0. The van der Waals surface area contributed by atoms with Crippen LogP contribution in [0.1, 0.15) is 26.7 Å². The lowest BCUT2D eigenvalue weighted by Crippen LogP contribution is -2.28. The Morgan fingerprint density at radius 2 is 2.29 bits per heavy atom. The van der Waals surface area contributed by atoms with E-state index < -0.39 is 0 Å². The SMILES string of the molecule is CCCNc1cncc(N(C)C(C)CC#N)c1. The zero-order chi connectivity index (χ0) is 12.7. The lowest BCUT2D eigenvalue weighted by atomic mass is 10.2. The van der Waals surface area contributed by atoms with E-state index >= 15 is 0 Å². The molecule has 0 aliphatic carbocycles. The number of anilines is 2. The average Bonchev–Trinajstić information content (AvgIpc) is 2.36. The third kappa shape index (κ3) is 3.95. The molecule has 0 aliphatic heterocycles. The van der Waals surface area contributed by atoms with Gasteiger partial charge in [-0.25, -0.2) is 0 Å². The van der Waals surface area contributed by atoms with E-state index in [0.29, 0.717) is 6.42 Å². The van der Waals surface area contributed by atoms with Gasteiger partial charge in [-0.3, -0.25) is 4.98 Å². The highest BCUT2D eigenvalue weighted by Gasteiger charge is 2.10. The number of nitriles is 1. The Morgan fingerprint density at radius 3 is 2.94 bits per heavy atom. The highest BCUT2D eigenvalue weighted by molar-refractivity contribution is 5.55. The summed E-state index contributed by atoms with van der Waals surface area (Å²) in [6.07, 6.45) is 5.25. The van der Waals surface area contributed by atoms with Crippen LogP contribution in [0.2, 0.25) is 0 Å². The Kier molecular flexibility index (Phi) is 5.28. The maximum Gasteiger partial charge on any atom is 0.0643 e. The molecule has 1 aromatic rings. The predicted octanol–water partition coefficient (Wildman–Crippen LogP) is 2.64. The van der Waals surface area contributed by atoms with Gasteiger partial charge in [0.05, 0.1) is 36.3 Å². The quantitative estimate of drug-likeness (QED) is 0.819. The molecular formula is C13H20N4. The molecule has 1 rings (SSSR count). The van der Waals surface area contributed by atoms with Crippen molar-refractivity contribution in [2.45, 2.75) is 32.7 Å². The second-order valence-electron chi connectivity index (χ2n) is 4.18. The van der Waals surface area contributed by atoms with Gasteiger partial charge >= 0.3 is 0 Å². The van der Waals surface area contributed by atoms with Crippen molar-refractivity contribution in [2.75, 3.05) is 23.8 Å². The number of hydrogen-bond acceptors (Lipinski definition) is 4. The first-order valence-corrected chi connectivity index (χ1v) is 5.97. The molecule has 0 aromatic carbocycles. The van der Waals surface area contributed by atoms with E-state index in [-0.39, 0.29) is 6.04 Å². The van der Waals surface area contributed by atoms with Crippen molar-refractivity contribution in [3.05, 3.63) is 18.5 Å². The van der Waals surface area contributed by atoms with Crippen LogP contribution in [0.3, 0.4) is 0 Å². The molecule has 92 valence electrons. The molecule has 0 saturated heterocycles. The van der Waals surface area contributed by atoms with Crippen LogP contribution in [-0.4, -0.2) is 24.6 Å². The Labute approximate surface area is 103 Å². The molecule has 1 heterocycles. The second-order valence-corrected chi connectivity index (χ2v) is 4.18. The molecule has 0 spiro atoms. The van der Waals surface area contributed by atoms with Crippen LogP contribution in [0.5, 0.6) is 0 Å². The minimum atomic E-state index is 0.197. The van der Waals surface area contributed by atoms with Crippen LogP contribution < -0.4 is 10.2 Å². The average molecular weight is 232 g/mol. The zero-order valence-corrected chi connectivity index (χ0v) is 10.8. The van der Waals surface area contributed by atoms with Gasteiger partial charge in [-0.15, -0.1) is 0 Å². The van der Waals surface area contributed by atoms with Crippen LogP contribution in [0.25, 0.3) is 0 Å². The molecule has 4 nitrogen and oxygen atoms in total. The lowest BCUT2D eigenvalue weighted by molar-refractivity contribution is 0.701. The molecule has 0 saturated carbocycles.